The zero-order valence-corrected chi connectivity index (χ0v) is 10.1. The first-order valence-corrected chi connectivity index (χ1v) is 5.51. The molecule has 0 radical (unpaired) electrons. The standard InChI is InChI=1S/C14H11F2NO2/c1-8(18)9-2-4-12(17)14(6-9)19-13-5-3-10(15)7-11(13)16/h2-7H,17H2,1H3. The number of benzene rings is 2. The van der Waals surface area contributed by atoms with Crippen molar-refractivity contribution in [2.24, 2.45) is 0 Å². The van der Waals surface area contributed by atoms with Gasteiger partial charge in [0, 0.05) is 11.6 Å². The Morgan fingerprint density at radius 3 is 2.47 bits per heavy atom. The fourth-order valence-corrected chi connectivity index (χ4v) is 1.52. The first kappa shape index (κ1) is 13.0. The molecule has 2 N–H and O–H groups in total. The number of hydrogen-bond acceptors (Lipinski definition) is 3. The van der Waals surface area contributed by atoms with E-state index in [0.29, 0.717) is 11.6 Å². The predicted molar refractivity (Wildman–Crippen MR) is 67.3 cm³/mol. The lowest BCUT2D eigenvalue weighted by Crippen LogP contribution is -1.98. The van der Waals surface area contributed by atoms with Crippen LogP contribution in [0.1, 0.15) is 17.3 Å². The number of ether oxygens (including phenoxy) is 1. The number of hydrogen-bond donors (Lipinski definition) is 1. The van der Waals surface area contributed by atoms with Crippen molar-refractivity contribution in [3.8, 4) is 11.5 Å². The molecule has 2 aromatic rings. The topological polar surface area (TPSA) is 52.3 Å². The molecule has 0 atom stereocenters. The zero-order valence-electron chi connectivity index (χ0n) is 10.1. The van der Waals surface area contributed by atoms with Crippen molar-refractivity contribution in [3.05, 3.63) is 53.6 Å². The van der Waals surface area contributed by atoms with Crippen molar-refractivity contribution in [2.45, 2.75) is 6.92 Å². The number of anilines is 1. The van der Waals surface area contributed by atoms with Crippen molar-refractivity contribution < 1.29 is 18.3 Å². The van der Waals surface area contributed by atoms with Crippen LogP contribution in [0.4, 0.5) is 14.5 Å². The summed E-state index contributed by atoms with van der Waals surface area (Å²) in [6.07, 6.45) is 0. The second kappa shape index (κ2) is 5.06. The van der Waals surface area contributed by atoms with E-state index in [0.717, 1.165) is 12.1 Å². The van der Waals surface area contributed by atoms with Crippen LogP contribution in [0.2, 0.25) is 0 Å². The predicted octanol–water partition coefficient (Wildman–Crippen LogP) is 3.54. The molecule has 0 aliphatic rings. The van der Waals surface area contributed by atoms with Crippen molar-refractivity contribution in [1.82, 2.24) is 0 Å². The lowest BCUT2D eigenvalue weighted by molar-refractivity contribution is 0.101. The molecule has 0 saturated heterocycles. The largest absolute Gasteiger partial charge is 0.452 e. The van der Waals surface area contributed by atoms with Gasteiger partial charge in [-0.1, -0.05) is 0 Å². The average Bonchev–Trinajstić information content (AvgIpc) is 2.34. The van der Waals surface area contributed by atoms with E-state index in [4.69, 9.17) is 10.5 Å². The molecule has 5 heteroatoms. The molecule has 0 amide bonds. The van der Waals surface area contributed by atoms with Gasteiger partial charge in [-0.25, -0.2) is 8.78 Å². The molecule has 2 rings (SSSR count). The molecule has 0 saturated carbocycles. The van der Waals surface area contributed by atoms with E-state index in [-0.39, 0.29) is 23.0 Å². The average molecular weight is 263 g/mol. The fraction of sp³-hybridized carbons (Fsp3) is 0.0714. The molecule has 0 aliphatic heterocycles. The van der Waals surface area contributed by atoms with Crippen LogP contribution in [-0.4, -0.2) is 5.78 Å². The molecule has 0 aliphatic carbocycles. The minimum atomic E-state index is -0.840. The zero-order chi connectivity index (χ0) is 14.0. The SMILES string of the molecule is CC(=O)c1ccc(N)c(Oc2ccc(F)cc2F)c1. The highest BCUT2D eigenvalue weighted by Crippen LogP contribution is 2.30. The van der Waals surface area contributed by atoms with Gasteiger partial charge in [0.15, 0.2) is 23.1 Å². The van der Waals surface area contributed by atoms with Crippen molar-refractivity contribution >= 4 is 11.5 Å². The Kier molecular flexibility index (Phi) is 3.46. The molecule has 0 heterocycles. The van der Waals surface area contributed by atoms with Gasteiger partial charge in [-0.15, -0.1) is 0 Å². The van der Waals surface area contributed by atoms with E-state index in [1.807, 2.05) is 0 Å². The Labute approximate surface area is 108 Å². The minimum absolute atomic E-state index is 0.151. The van der Waals surface area contributed by atoms with Crippen molar-refractivity contribution in [2.75, 3.05) is 5.73 Å². The number of nitrogens with two attached hydrogens (primary N) is 1. The van der Waals surface area contributed by atoms with Gasteiger partial charge in [-0.3, -0.25) is 4.79 Å². The van der Waals surface area contributed by atoms with E-state index in [2.05, 4.69) is 0 Å². The number of Topliss-reactive ketones (excluding diaryl/α,β-unsaturated/α-hetero) is 1. The van der Waals surface area contributed by atoms with Crippen LogP contribution >= 0.6 is 0 Å². The second-order valence-corrected chi connectivity index (χ2v) is 3.99. The van der Waals surface area contributed by atoms with Crippen LogP contribution in [0, 0.1) is 11.6 Å². The maximum Gasteiger partial charge on any atom is 0.168 e. The monoisotopic (exact) mass is 263 g/mol. The number of carbonyl (C=O) groups excluding carboxylic acids is 1. The van der Waals surface area contributed by atoms with Gasteiger partial charge >= 0.3 is 0 Å². The highest BCUT2D eigenvalue weighted by molar-refractivity contribution is 5.95. The maximum absolute atomic E-state index is 13.5. The number of carbonyl (C=O) groups is 1. The summed E-state index contributed by atoms with van der Waals surface area (Å²) in [6.45, 7) is 1.40. The number of rotatable bonds is 3. The van der Waals surface area contributed by atoms with Crippen LogP contribution < -0.4 is 10.5 Å². The second-order valence-electron chi connectivity index (χ2n) is 3.99. The van der Waals surface area contributed by atoms with Crippen LogP contribution in [0.15, 0.2) is 36.4 Å². The van der Waals surface area contributed by atoms with Crippen LogP contribution in [-0.2, 0) is 0 Å². The van der Waals surface area contributed by atoms with Crippen molar-refractivity contribution in [1.29, 1.82) is 0 Å². The van der Waals surface area contributed by atoms with Crippen LogP contribution in [0.25, 0.3) is 0 Å². The molecular formula is C14H11F2NO2. The van der Waals surface area contributed by atoms with Gasteiger partial charge in [0.1, 0.15) is 5.82 Å². The smallest absolute Gasteiger partial charge is 0.168 e. The van der Waals surface area contributed by atoms with Crippen LogP contribution in [0.3, 0.4) is 0 Å². The van der Waals surface area contributed by atoms with E-state index in [1.165, 1.54) is 19.1 Å². The summed E-state index contributed by atoms with van der Waals surface area (Å²) in [4.78, 5) is 11.3. The maximum atomic E-state index is 13.5. The highest BCUT2D eigenvalue weighted by Gasteiger charge is 2.10. The molecule has 19 heavy (non-hydrogen) atoms. The lowest BCUT2D eigenvalue weighted by atomic mass is 10.1. The first-order chi connectivity index (χ1) is 8.97. The first-order valence-electron chi connectivity index (χ1n) is 5.51. The minimum Gasteiger partial charge on any atom is -0.452 e. The van der Waals surface area contributed by atoms with Gasteiger partial charge < -0.3 is 10.5 Å². The van der Waals surface area contributed by atoms with E-state index in [1.54, 1.807) is 6.07 Å². The molecular weight excluding hydrogens is 252 g/mol. The van der Waals surface area contributed by atoms with Crippen molar-refractivity contribution in [3.63, 3.8) is 0 Å². The van der Waals surface area contributed by atoms with Crippen LogP contribution in [0.5, 0.6) is 11.5 Å². The molecule has 0 unspecified atom stereocenters. The normalized spacial score (nSPS) is 10.3. The molecule has 98 valence electrons. The Morgan fingerprint density at radius 1 is 1.11 bits per heavy atom. The van der Waals surface area contributed by atoms with Gasteiger partial charge in [-0.05, 0) is 37.3 Å². The third kappa shape index (κ3) is 2.88. The van der Waals surface area contributed by atoms with Gasteiger partial charge in [-0.2, -0.15) is 0 Å². The fourth-order valence-electron chi connectivity index (χ4n) is 1.52. The summed E-state index contributed by atoms with van der Waals surface area (Å²) < 4.78 is 31.5. The third-order valence-corrected chi connectivity index (χ3v) is 2.53. The summed E-state index contributed by atoms with van der Waals surface area (Å²) in [5.74, 6) is -1.71. The Balaban J connectivity index is 2.37. The van der Waals surface area contributed by atoms with Gasteiger partial charge in [0.05, 0.1) is 5.69 Å². The Hall–Kier alpha value is -2.43. The Bertz CT molecular complexity index is 641. The van der Waals surface area contributed by atoms with Gasteiger partial charge in [0.25, 0.3) is 0 Å². The highest BCUT2D eigenvalue weighted by atomic mass is 19.1. The molecule has 0 spiro atoms. The molecule has 2 aromatic carbocycles. The van der Waals surface area contributed by atoms with E-state index in [9.17, 15) is 13.6 Å². The lowest BCUT2D eigenvalue weighted by Gasteiger charge is -2.10. The number of halogens is 2. The quantitative estimate of drug-likeness (QED) is 0.680. The van der Waals surface area contributed by atoms with E-state index < -0.39 is 11.6 Å². The summed E-state index contributed by atoms with van der Waals surface area (Å²) in [7, 11) is 0. The number of ketones is 1. The molecule has 3 nitrogen and oxygen atoms in total. The molecule has 0 fully saturated rings. The summed E-state index contributed by atoms with van der Waals surface area (Å²) in [5, 5.41) is 0. The molecule has 0 bridgehead atoms. The third-order valence-electron chi connectivity index (χ3n) is 2.53. The summed E-state index contributed by atoms with van der Waals surface area (Å²) in [5.41, 5.74) is 6.34. The summed E-state index contributed by atoms with van der Waals surface area (Å²) in [6, 6.07) is 7.40. The Morgan fingerprint density at radius 2 is 1.84 bits per heavy atom. The van der Waals surface area contributed by atoms with Gasteiger partial charge in [0.2, 0.25) is 0 Å². The van der Waals surface area contributed by atoms with E-state index >= 15 is 0 Å². The number of nitrogen functional groups attached to an aromatic ring is 1. The molecule has 0 aromatic heterocycles. The summed E-state index contributed by atoms with van der Waals surface area (Å²) >= 11 is 0.